The Kier molecular flexibility index (Phi) is 8.16. The Labute approximate surface area is 193 Å². The Bertz CT molecular complexity index is 1050. The summed E-state index contributed by atoms with van der Waals surface area (Å²) in [6.45, 7) is 5.31. The third kappa shape index (κ3) is 5.49. The quantitative estimate of drug-likeness (QED) is 0.570. The van der Waals surface area contributed by atoms with E-state index in [-0.39, 0.29) is 21.4 Å². The zero-order valence-electron chi connectivity index (χ0n) is 17.6. The minimum Gasteiger partial charge on any atom is -0.287 e. The molecule has 0 radical (unpaired) electrons. The molecule has 9 heteroatoms. The zero-order valence-corrected chi connectivity index (χ0v) is 20.0. The van der Waals surface area contributed by atoms with Crippen molar-refractivity contribution >= 4 is 44.5 Å². The van der Waals surface area contributed by atoms with Crippen molar-refractivity contribution in [1.82, 2.24) is 9.21 Å². The van der Waals surface area contributed by atoms with E-state index in [1.54, 1.807) is 24.8 Å². The van der Waals surface area contributed by atoms with E-state index in [0.29, 0.717) is 31.3 Å². The molecule has 0 unspecified atom stereocenters. The Morgan fingerprint density at radius 3 is 2.55 bits per heavy atom. The second-order valence-corrected chi connectivity index (χ2v) is 10.3. The van der Waals surface area contributed by atoms with Gasteiger partial charge in [0, 0.05) is 37.5 Å². The number of amidine groups is 1. The summed E-state index contributed by atoms with van der Waals surface area (Å²) in [4.78, 5) is 19.4. The molecular formula is C22H26ClN3O3S2. The largest absolute Gasteiger partial charge is 0.287 e. The monoisotopic (exact) mass is 479 g/mol. The molecule has 31 heavy (non-hydrogen) atoms. The van der Waals surface area contributed by atoms with E-state index in [4.69, 9.17) is 11.6 Å². The number of amides is 1. The summed E-state index contributed by atoms with van der Waals surface area (Å²) >= 11 is 7.74. The molecule has 0 spiro atoms. The van der Waals surface area contributed by atoms with Gasteiger partial charge in [0.05, 0.1) is 5.02 Å². The van der Waals surface area contributed by atoms with Gasteiger partial charge >= 0.3 is 0 Å². The number of halogens is 1. The molecule has 1 saturated heterocycles. The van der Waals surface area contributed by atoms with Crippen LogP contribution in [0, 0.1) is 0 Å². The van der Waals surface area contributed by atoms with Crippen molar-refractivity contribution in [3.8, 4) is 0 Å². The number of carbonyl (C=O) groups is 1. The fourth-order valence-electron chi connectivity index (χ4n) is 3.34. The van der Waals surface area contributed by atoms with Gasteiger partial charge in [0.2, 0.25) is 10.0 Å². The maximum atomic E-state index is 13.2. The first kappa shape index (κ1) is 23.8. The molecule has 166 valence electrons. The second kappa shape index (κ2) is 10.6. The molecule has 1 aliphatic heterocycles. The van der Waals surface area contributed by atoms with Crippen molar-refractivity contribution in [1.29, 1.82) is 0 Å². The molecule has 0 aromatic heterocycles. The van der Waals surface area contributed by atoms with Crippen LogP contribution in [-0.2, 0) is 16.4 Å². The summed E-state index contributed by atoms with van der Waals surface area (Å²) in [5.74, 6) is 0.491. The van der Waals surface area contributed by atoms with Crippen molar-refractivity contribution < 1.29 is 13.2 Å². The van der Waals surface area contributed by atoms with Crippen LogP contribution in [0.3, 0.4) is 0 Å². The smallest absolute Gasteiger partial charge is 0.259 e. The van der Waals surface area contributed by atoms with Crippen LogP contribution in [0.1, 0.15) is 29.8 Å². The average Bonchev–Trinajstić information content (AvgIpc) is 3.23. The Morgan fingerprint density at radius 2 is 1.87 bits per heavy atom. The van der Waals surface area contributed by atoms with Crippen LogP contribution in [0.15, 0.2) is 58.4 Å². The van der Waals surface area contributed by atoms with Crippen LogP contribution >= 0.6 is 23.4 Å². The number of carbonyl (C=O) groups excluding carboxylic acids is 1. The molecular weight excluding hydrogens is 454 g/mol. The summed E-state index contributed by atoms with van der Waals surface area (Å²) in [6, 6.07) is 14.5. The van der Waals surface area contributed by atoms with Gasteiger partial charge in [-0.3, -0.25) is 14.7 Å². The molecule has 0 N–H and O–H groups in total. The van der Waals surface area contributed by atoms with Crippen molar-refractivity contribution in [3.05, 3.63) is 64.7 Å². The molecule has 2 aromatic rings. The van der Waals surface area contributed by atoms with E-state index in [1.807, 2.05) is 18.2 Å². The molecule has 0 saturated carbocycles. The number of benzene rings is 2. The van der Waals surface area contributed by atoms with Gasteiger partial charge in [-0.2, -0.15) is 4.31 Å². The van der Waals surface area contributed by atoms with Crippen LogP contribution in [0.2, 0.25) is 5.02 Å². The van der Waals surface area contributed by atoms with Gasteiger partial charge in [-0.25, -0.2) is 8.42 Å². The van der Waals surface area contributed by atoms with Crippen molar-refractivity contribution in [2.45, 2.75) is 25.2 Å². The van der Waals surface area contributed by atoms with Crippen LogP contribution in [-0.4, -0.2) is 60.6 Å². The van der Waals surface area contributed by atoms with Crippen LogP contribution in [0.5, 0.6) is 0 Å². The lowest BCUT2D eigenvalue weighted by molar-refractivity contribution is 0.0859. The van der Waals surface area contributed by atoms with E-state index < -0.39 is 10.0 Å². The Balaban J connectivity index is 1.81. The molecule has 3 rings (SSSR count). The molecule has 0 aliphatic carbocycles. The number of rotatable bonds is 8. The fraction of sp³-hybridized carbons (Fsp3) is 0.364. The average molecular weight is 480 g/mol. The number of hydrogen-bond donors (Lipinski definition) is 0. The topological polar surface area (TPSA) is 70.1 Å². The maximum Gasteiger partial charge on any atom is 0.259 e. The lowest BCUT2D eigenvalue weighted by Gasteiger charge is -2.20. The number of aliphatic imine (C=N–C) groups is 1. The van der Waals surface area contributed by atoms with E-state index >= 15 is 0 Å². The number of nitrogens with zero attached hydrogens (tertiary/aromatic N) is 3. The van der Waals surface area contributed by atoms with Gasteiger partial charge in [-0.1, -0.05) is 67.5 Å². The minimum absolute atomic E-state index is 0.0434. The van der Waals surface area contributed by atoms with Gasteiger partial charge in [-0.05, 0) is 30.2 Å². The van der Waals surface area contributed by atoms with E-state index in [0.717, 1.165) is 12.2 Å². The van der Waals surface area contributed by atoms with Gasteiger partial charge in [0.1, 0.15) is 4.90 Å². The van der Waals surface area contributed by atoms with Crippen molar-refractivity contribution in [2.75, 3.05) is 31.9 Å². The standard InChI is InChI=1S/C22H26ClN3O3S2/c1-3-25(4-2)31(28,29)20-16-18(10-11-19(20)23)21(27)26-14-15-30-22(26)24-13-12-17-8-6-5-7-9-17/h5-11,16H,3-4,12-15H2,1-2H3. The molecule has 1 aliphatic rings. The first-order valence-electron chi connectivity index (χ1n) is 10.2. The molecule has 1 heterocycles. The summed E-state index contributed by atoms with van der Waals surface area (Å²) in [5.41, 5.74) is 1.48. The van der Waals surface area contributed by atoms with Crippen molar-refractivity contribution in [3.63, 3.8) is 0 Å². The molecule has 6 nitrogen and oxygen atoms in total. The van der Waals surface area contributed by atoms with Crippen LogP contribution in [0.4, 0.5) is 0 Å². The highest BCUT2D eigenvalue weighted by molar-refractivity contribution is 8.14. The number of thioether (sulfide) groups is 1. The predicted molar refractivity (Wildman–Crippen MR) is 128 cm³/mol. The summed E-state index contributed by atoms with van der Waals surface area (Å²) < 4.78 is 27.2. The summed E-state index contributed by atoms with van der Waals surface area (Å²) in [7, 11) is -3.77. The lowest BCUT2D eigenvalue weighted by atomic mass is 10.2. The maximum absolute atomic E-state index is 13.2. The lowest BCUT2D eigenvalue weighted by Crippen LogP contribution is -2.33. The molecule has 0 atom stereocenters. The van der Waals surface area contributed by atoms with Gasteiger partial charge in [0.25, 0.3) is 5.91 Å². The fourth-order valence-corrected chi connectivity index (χ4v) is 6.27. The van der Waals surface area contributed by atoms with E-state index in [1.165, 1.54) is 33.8 Å². The highest BCUT2D eigenvalue weighted by Crippen LogP contribution is 2.28. The number of sulfonamides is 1. The Morgan fingerprint density at radius 1 is 1.16 bits per heavy atom. The van der Waals surface area contributed by atoms with Crippen LogP contribution < -0.4 is 0 Å². The number of hydrogen-bond acceptors (Lipinski definition) is 5. The van der Waals surface area contributed by atoms with Gasteiger partial charge in [-0.15, -0.1) is 0 Å². The molecule has 1 fully saturated rings. The highest BCUT2D eigenvalue weighted by atomic mass is 35.5. The predicted octanol–water partition coefficient (Wildman–Crippen LogP) is 4.16. The first-order valence-corrected chi connectivity index (χ1v) is 13.0. The normalized spacial score (nSPS) is 15.7. The minimum atomic E-state index is -3.77. The molecule has 1 amide bonds. The van der Waals surface area contributed by atoms with Gasteiger partial charge < -0.3 is 0 Å². The highest BCUT2D eigenvalue weighted by Gasteiger charge is 2.29. The zero-order chi connectivity index (χ0) is 22.4. The third-order valence-corrected chi connectivity index (χ3v) is 8.54. The summed E-state index contributed by atoms with van der Waals surface area (Å²) in [6.07, 6.45) is 0.792. The molecule has 2 aromatic carbocycles. The third-order valence-electron chi connectivity index (χ3n) is 5.01. The van der Waals surface area contributed by atoms with Crippen LogP contribution in [0.25, 0.3) is 0 Å². The Hall–Kier alpha value is -1.87. The van der Waals surface area contributed by atoms with E-state index in [9.17, 15) is 13.2 Å². The molecule has 0 bridgehead atoms. The van der Waals surface area contributed by atoms with Crippen molar-refractivity contribution in [2.24, 2.45) is 4.99 Å². The first-order chi connectivity index (χ1) is 14.9. The second-order valence-electron chi connectivity index (χ2n) is 6.94. The summed E-state index contributed by atoms with van der Waals surface area (Å²) in [5, 5.41) is 0.778. The van der Waals surface area contributed by atoms with E-state index in [2.05, 4.69) is 17.1 Å². The van der Waals surface area contributed by atoms with Gasteiger partial charge in [0.15, 0.2) is 5.17 Å². The SMILES string of the molecule is CCN(CC)S(=O)(=O)c1cc(C(=O)N2CCSC2=NCCc2ccccc2)ccc1Cl.